The van der Waals surface area contributed by atoms with E-state index < -0.39 is 143 Å². The van der Waals surface area contributed by atoms with Crippen LogP contribution in [0.3, 0.4) is 0 Å². The molecule has 25 N–H and O–H groups in total. The summed E-state index contributed by atoms with van der Waals surface area (Å²) in [5.41, 5.74) is 39.4. The second kappa shape index (κ2) is 44.8. The number of benzene rings is 2. The van der Waals surface area contributed by atoms with Crippen LogP contribution in [-0.4, -0.2) is 209 Å². The number of hydrogen-bond donors (Lipinski definition) is 20. The molecule has 101 heavy (non-hydrogen) atoms. The van der Waals surface area contributed by atoms with Gasteiger partial charge in [0.1, 0.15) is 72.2 Å². The quantitative estimate of drug-likeness (QED) is 0.0131. The molecule has 0 bridgehead atoms. The molecule has 1 heterocycles. The second-order valence-electron chi connectivity index (χ2n) is 24.8. The highest BCUT2D eigenvalue weighted by Crippen LogP contribution is 2.22. The molecule has 1 aliphatic heterocycles. The van der Waals surface area contributed by atoms with Crippen molar-refractivity contribution in [3.05, 3.63) is 65.7 Å². The number of likely N-dealkylation sites (tertiary alicyclic amines) is 1. The SMILES string of the molecule is CSCC[C@H](NC(=O)[C@H](CS)NC(=O)[C@H](CCCN=C(N)N)NC(C)=O)C(=O)N[C@@H](CC(C)C)C(=O)NC(C(=O)N[C@@H](CCCN=C(N)N)C(=O)N[C@H](C(=O)N[C@@H](Cc1ccc(O)cc1)C(=O)N[C@@H](CCCN=C(N)N)C(=O)N1CCC[C@H]1C(=O)N[C@@H](CS)C(N)=O)C(C)C)c1ccccc1. The normalized spacial score (nSPS) is 15.5. The Morgan fingerprint density at radius 3 is 1.50 bits per heavy atom. The maximum absolute atomic E-state index is 14.9. The van der Waals surface area contributed by atoms with Crippen molar-refractivity contribution in [2.45, 2.75) is 172 Å². The highest BCUT2D eigenvalue weighted by atomic mass is 32.2. The number of phenols is 1. The molecule has 0 radical (unpaired) electrons. The summed E-state index contributed by atoms with van der Waals surface area (Å²) in [5.74, 6) is -11.0. The van der Waals surface area contributed by atoms with E-state index in [1.807, 2.05) is 0 Å². The number of aromatic hydroxyl groups is 1. The Bertz CT molecular complexity index is 3190. The Balaban J connectivity index is 2.01. The summed E-state index contributed by atoms with van der Waals surface area (Å²) in [7, 11) is 0. The summed E-state index contributed by atoms with van der Waals surface area (Å²) < 4.78 is 0. The van der Waals surface area contributed by atoms with Crippen LogP contribution in [0.2, 0.25) is 0 Å². The lowest BCUT2D eigenvalue weighted by molar-refractivity contribution is -0.142. The van der Waals surface area contributed by atoms with Crippen molar-refractivity contribution in [1.82, 2.24) is 58.1 Å². The van der Waals surface area contributed by atoms with Crippen molar-refractivity contribution in [3.63, 3.8) is 0 Å². The molecule has 560 valence electrons. The number of guanidine groups is 3. The Kier molecular flexibility index (Phi) is 38.1. The summed E-state index contributed by atoms with van der Waals surface area (Å²) >= 11 is 9.78. The Morgan fingerprint density at radius 1 is 0.535 bits per heavy atom. The number of primary amides is 1. The molecule has 1 fully saturated rings. The van der Waals surface area contributed by atoms with Crippen LogP contribution in [0.15, 0.2) is 69.6 Å². The van der Waals surface area contributed by atoms with E-state index in [4.69, 9.17) is 40.1 Å². The number of nitrogens with two attached hydrogens (primary N) is 7. The third-order valence-electron chi connectivity index (χ3n) is 15.8. The van der Waals surface area contributed by atoms with E-state index >= 15 is 0 Å². The van der Waals surface area contributed by atoms with Crippen LogP contribution in [-0.2, 0) is 64.0 Å². The smallest absolute Gasteiger partial charge is 0.247 e. The highest BCUT2D eigenvalue weighted by molar-refractivity contribution is 7.98. The first-order chi connectivity index (χ1) is 47.8. The van der Waals surface area contributed by atoms with Crippen LogP contribution in [0.25, 0.3) is 0 Å². The van der Waals surface area contributed by atoms with Gasteiger partial charge in [-0.15, -0.1) is 0 Å². The average molecular weight is 1470 g/mol. The van der Waals surface area contributed by atoms with Crippen LogP contribution in [0.4, 0.5) is 0 Å². The number of amides is 12. The van der Waals surface area contributed by atoms with Crippen LogP contribution in [0, 0.1) is 11.8 Å². The van der Waals surface area contributed by atoms with E-state index in [1.165, 1.54) is 47.9 Å². The topological polar surface area (TPSA) is 568 Å². The largest absolute Gasteiger partial charge is 0.508 e. The van der Waals surface area contributed by atoms with Crippen molar-refractivity contribution in [3.8, 4) is 5.75 Å². The van der Waals surface area contributed by atoms with Crippen molar-refractivity contribution >= 4 is 126 Å². The minimum atomic E-state index is -1.55. The molecule has 0 saturated carbocycles. The number of thiol groups is 2. The zero-order valence-electron chi connectivity index (χ0n) is 57.9. The summed E-state index contributed by atoms with van der Waals surface area (Å²) in [5, 5.41) is 37.0. The molecule has 12 amide bonds. The minimum absolute atomic E-state index is 0.0149. The van der Waals surface area contributed by atoms with Gasteiger partial charge in [-0.05, 0) is 111 Å². The van der Waals surface area contributed by atoms with Gasteiger partial charge in [0, 0.05) is 51.0 Å². The average Bonchev–Trinajstić information content (AvgIpc) is 1.77. The Hall–Kier alpha value is -9.26. The second-order valence-corrected chi connectivity index (χ2v) is 26.6. The van der Waals surface area contributed by atoms with Gasteiger partial charge >= 0.3 is 0 Å². The minimum Gasteiger partial charge on any atom is -0.508 e. The predicted molar refractivity (Wildman–Crippen MR) is 391 cm³/mol. The monoisotopic (exact) mass is 1470 g/mol. The van der Waals surface area contributed by atoms with E-state index in [9.17, 15) is 62.6 Å². The molecule has 2 aromatic rings. The molecule has 1 aliphatic rings. The number of thioether (sulfide) groups is 1. The van der Waals surface area contributed by atoms with E-state index in [2.05, 4.69) is 93.4 Å². The van der Waals surface area contributed by atoms with Crippen LogP contribution in [0.1, 0.15) is 116 Å². The van der Waals surface area contributed by atoms with Gasteiger partial charge in [-0.2, -0.15) is 37.0 Å². The first-order valence-electron chi connectivity index (χ1n) is 33.1. The summed E-state index contributed by atoms with van der Waals surface area (Å²) in [4.78, 5) is 181. The Morgan fingerprint density at radius 2 is 0.990 bits per heavy atom. The molecule has 1 saturated heterocycles. The number of rotatable bonds is 44. The third kappa shape index (κ3) is 31.0. The standard InChI is InChI=1S/C64H103N21O13S3/c1-34(2)30-44(79-53(90)42(24-29-101-6)76-57(94)47(33-100)82-52(89)40(75-36(5)86)16-10-25-72-62(66)67)56(93)84-50(38-14-8-7-9-15-38)60(97)77-41(17-11-26-73-63(68)69)54(91)83-49(35(3)4)59(96)80-45(31-37-20-22-39(87)23-21-37)55(92)78-43(18-12-27-74-64(70)71)61(98)85-28-13-19-48(85)58(95)81-46(32-99)51(65)88/h7-9,14-15,20-23,34-35,40-50,87,99-100H,10-13,16-19,24-33H2,1-6H3,(H2,65,88)(H,75,86)(H,76,94)(H,77,97)(H,78,92)(H,79,90)(H,80,96)(H,81,95)(H,82,89)(H,83,91)(H,84,93)(H4,66,67,72)(H4,68,69,73)(H4,70,71,74)/t40-,41-,42-,43-,44-,45-,46-,47-,48-,49-,50?/m0/s1. The number of carbonyl (C=O) groups is 12. The zero-order valence-corrected chi connectivity index (χ0v) is 60.5. The zero-order chi connectivity index (χ0) is 75.5. The molecular formula is C64H103N21O13S3. The number of nitrogens with zero attached hydrogens (tertiary/aromatic N) is 4. The van der Waals surface area contributed by atoms with Gasteiger partial charge in [-0.25, -0.2) is 0 Å². The van der Waals surface area contributed by atoms with Gasteiger partial charge in [0.15, 0.2) is 17.9 Å². The first-order valence-corrected chi connectivity index (χ1v) is 35.8. The van der Waals surface area contributed by atoms with Gasteiger partial charge in [0.05, 0.1) is 0 Å². The summed E-state index contributed by atoms with van der Waals surface area (Å²) in [6.45, 7) is 8.32. The lowest BCUT2D eigenvalue weighted by Crippen LogP contribution is -2.61. The lowest BCUT2D eigenvalue weighted by atomic mass is 9.99. The molecule has 0 aromatic heterocycles. The van der Waals surface area contributed by atoms with Gasteiger partial charge < -0.3 is 103 Å². The number of phenolic OH excluding ortho intramolecular Hbond substituents is 1. The predicted octanol–water partition coefficient (Wildman–Crippen LogP) is -3.87. The fraction of sp³-hybridized carbons (Fsp3) is 0.578. The highest BCUT2D eigenvalue weighted by Gasteiger charge is 2.41. The van der Waals surface area contributed by atoms with Gasteiger partial charge in [0.2, 0.25) is 70.9 Å². The van der Waals surface area contributed by atoms with Gasteiger partial charge in [-0.3, -0.25) is 72.5 Å². The molecule has 0 aliphatic carbocycles. The van der Waals surface area contributed by atoms with Crippen molar-refractivity contribution < 1.29 is 62.6 Å². The van der Waals surface area contributed by atoms with E-state index in [-0.39, 0.29) is 131 Å². The molecule has 2 aromatic carbocycles. The molecular weight excluding hydrogens is 1370 g/mol. The number of aliphatic imine (C=N–C) groups is 3. The van der Waals surface area contributed by atoms with Crippen molar-refractivity contribution in [2.24, 2.45) is 66.9 Å². The molecule has 37 heteroatoms. The fourth-order valence-corrected chi connectivity index (χ4v) is 11.6. The molecule has 34 nitrogen and oxygen atoms in total. The van der Waals surface area contributed by atoms with Gasteiger partial charge in [0.25, 0.3) is 0 Å². The molecule has 11 atom stereocenters. The lowest BCUT2D eigenvalue weighted by Gasteiger charge is -2.31. The molecule has 0 spiro atoms. The van der Waals surface area contributed by atoms with Crippen molar-refractivity contribution in [2.75, 3.05) is 49.7 Å². The maximum Gasteiger partial charge on any atom is 0.247 e. The number of hydrogen-bond acceptors (Lipinski definition) is 19. The van der Waals surface area contributed by atoms with Crippen LogP contribution >= 0.6 is 37.0 Å². The van der Waals surface area contributed by atoms with E-state index in [1.54, 1.807) is 64.3 Å². The first kappa shape index (κ1) is 86.0. The third-order valence-corrected chi connectivity index (χ3v) is 17.2. The summed E-state index contributed by atoms with van der Waals surface area (Å²) in [6.07, 6.45) is 2.68. The molecule has 1 unspecified atom stereocenters. The molecule has 3 rings (SSSR count). The Labute approximate surface area is 603 Å². The van der Waals surface area contributed by atoms with Crippen LogP contribution < -0.4 is 93.3 Å². The fourth-order valence-electron chi connectivity index (χ4n) is 10.6. The number of nitrogens with one attached hydrogen (secondary N) is 10. The maximum atomic E-state index is 14.9. The van der Waals surface area contributed by atoms with E-state index in [0.29, 0.717) is 24.2 Å². The van der Waals surface area contributed by atoms with Crippen LogP contribution in [0.5, 0.6) is 5.75 Å². The van der Waals surface area contributed by atoms with E-state index in [0.717, 1.165) is 0 Å². The van der Waals surface area contributed by atoms with Crippen molar-refractivity contribution in [1.29, 1.82) is 0 Å². The summed E-state index contributed by atoms with van der Waals surface area (Å²) in [6, 6.07) is -0.738. The number of carbonyl (C=O) groups excluding carboxylic acids is 12. The van der Waals surface area contributed by atoms with Gasteiger partial charge in [-0.1, -0.05) is 70.2 Å².